The van der Waals surface area contributed by atoms with Crippen LogP contribution in [0.4, 0.5) is 0 Å². The summed E-state index contributed by atoms with van der Waals surface area (Å²) in [4.78, 5) is 0. The maximum atomic E-state index is 3.90. The smallest absolute Gasteiger partial charge is 0.0724 e. The van der Waals surface area contributed by atoms with Gasteiger partial charge in [-0.25, -0.2) is 0 Å². The monoisotopic (exact) mass is 219 g/mol. The van der Waals surface area contributed by atoms with Crippen LogP contribution in [0.1, 0.15) is 45.2 Å². The lowest BCUT2D eigenvalue weighted by Gasteiger charge is -1.98. The molecule has 0 atom stereocenters. The molecular weight excluding hydrogens is 198 g/mol. The molecule has 0 saturated heterocycles. The molecule has 0 aromatic carbocycles. The first kappa shape index (κ1) is 12.8. The van der Waals surface area contributed by atoms with Crippen LogP contribution in [-0.2, 0) is 13.5 Å². The molecule has 3 nitrogen and oxygen atoms in total. The standard InChI is InChI=1S/C13H21N3/c1-12(2)9-7-5-4-6-8-10-13-11-14-15-16(13)3/h11-12H,4,6,8-10H2,1-3H3. The van der Waals surface area contributed by atoms with E-state index in [1.165, 1.54) is 5.69 Å². The SMILES string of the molecule is CC(C)CC#CCCCCc1cnnn1C. The largest absolute Gasteiger partial charge is 0.252 e. The average Bonchev–Trinajstić information content (AvgIpc) is 2.62. The molecule has 1 heterocycles. The van der Waals surface area contributed by atoms with Crippen molar-refractivity contribution in [2.75, 3.05) is 0 Å². The summed E-state index contributed by atoms with van der Waals surface area (Å²) in [6.45, 7) is 4.40. The van der Waals surface area contributed by atoms with Crippen LogP contribution in [0, 0.1) is 17.8 Å². The Morgan fingerprint density at radius 3 is 2.75 bits per heavy atom. The summed E-state index contributed by atoms with van der Waals surface area (Å²) in [6.07, 6.45) is 7.25. The molecule has 0 N–H and O–H groups in total. The third kappa shape index (κ3) is 4.97. The summed E-state index contributed by atoms with van der Waals surface area (Å²) in [6, 6.07) is 0. The molecule has 0 fully saturated rings. The highest BCUT2D eigenvalue weighted by Crippen LogP contribution is 2.03. The molecule has 0 amide bonds. The van der Waals surface area contributed by atoms with Crippen molar-refractivity contribution in [3.8, 4) is 11.8 Å². The van der Waals surface area contributed by atoms with Crippen LogP contribution in [0.15, 0.2) is 6.20 Å². The fourth-order valence-electron chi connectivity index (χ4n) is 1.42. The number of hydrogen-bond acceptors (Lipinski definition) is 2. The minimum Gasteiger partial charge on any atom is -0.252 e. The first-order valence-electron chi connectivity index (χ1n) is 5.99. The van der Waals surface area contributed by atoms with Gasteiger partial charge < -0.3 is 0 Å². The number of nitrogens with zero attached hydrogens (tertiary/aromatic N) is 3. The highest BCUT2D eigenvalue weighted by molar-refractivity contribution is 4.99. The van der Waals surface area contributed by atoms with E-state index in [9.17, 15) is 0 Å². The lowest BCUT2D eigenvalue weighted by Crippen LogP contribution is -1.97. The van der Waals surface area contributed by atoms with Crippen LogP contribution in [0.25, 0.3) is 0 Å². The first-order valence-corrected chi connectivity index (χ1v) is 5.99. The Labute approximate surface area is 98.2 Å². The van der Waals surface area contributed by atoms with E-state index >= 15 is 0 Å². The fraction of sp³-hybridized carbons (Fsp3) is 0.692. The van der Waals surface area contributed by atoms with Gasteiger partial charge in [-0.1, -0.05) is 19.1 Å². The summed E-state index contributed by atoms with van der Waals surface area (Å²) < 4.78 is 1.84. The van der Waals surface area contributed by atoms with Gasteiger partial charge in [0, 0.05) is 19.9 Å². The van der Waals surface area contributed by atoms with Crippen LogP contribution in [0.5, 0.6) is 0 Å². The number of unbranched alkanes of at least 4 members (excludes halogenated alkanes) is 2. The van der Waals surface area contributed by atoms with Crippen LogP contribution >= 0.6 is 0 Å². The quantitative estimate of drug-likeness (QED) is 0.563. The predicted molar refractivity (Wildman–Crippen MR) is 65.8 cm³/mol. The molecule has 0 aliphatic carbocycles. The van der Waals surface area contributed by atoms with Crippen molar-refractivity contribution >= 4 is 0 Å². The summed E-state index contributed by atoms with van der Waals surface area (Å²) in [5, 5.41) is 7.76. The maximum Gasteiger partial charge on any atom is 0.0724 e. The van der Waals surface area contributed by atoms with Crippen LogP contribution in [0.2, 0.25) is 0 Å². The molecule has 0 aliphatic rings. The molecular formula is C13H21N3. The third-order valence-corrected chi connectivity index (χ3v) is 2.43. The zero-order chi connectivity index (χ0) is 11.8. The van der Waals surface area contributed by atoms with Crippen molar-refractivity contribution in [1.29, 1.82) is 0 Å². The van der Waals surface area contributed by atoms with Gasteiger partial charge in [0.05, 0.1) is 11.9 Å². The molecule has 0 unspecified atom stereocenters. The first-order chi connectivity index (χ1) is 7.70. The zero-order valence-corrected chi connectivity index (χ0v) is 10.5. The van der Waals surface area contributed by atoms with Crippen molar-refractivity contribution < 1.29 is 0 Å². The van der Waals surface area contributed by atoms with Gasteiger partial charge in [0.15, 0.2) is 0 Å². The van der Waals surface area contributed by atoms with Gasteiger partial charge in [0.25, 0.3) is 0 Å². The second kappa shape index (κ2) is 7.05. The Morgan fingerprint density at radius 1 is 1.31 bits per heavy atom. The number of aromatic nitrogens is 3. The van der Waals surface area contributed by atoms with E-state index in [-0.39, 0.29) is 0 Å². The van der Waals surface area contributed by atoms with Gasteiger partial charge in [-0.05, 0) is 25.2 Å². The molecule has 1 aromatic heterocycles. The Morgan fingerprint density at radius 2 is 2.12 bits per heavy atom. The fourth-order valence-corrected chi connectivity index (χ4v) is 1.42. The van der Waals surface area contributed by atoms with E-state index in [2.05, 4.69) is 36.0 Å². The van der Waals surface area contributed by atoms with Crippen LogP contribution in [-0.4, -0.2) is 15.0 Å². The van der Waals surface area contributed by atoms with Crippen LogP contribution < -0.4 is 0 Å². The zero-order valence-electron chi connectivity index (χ0n) is 10.5. The van der Waals surface area contributed by atoms with Crippen molar-refractivity contribution in [3.63, 3.8) is 0 Å². The summed E-state index contributed by atoms with van der Waals surface area (Å²) in [7, 11) is 1.94. The molecule has 3 heteroatoms. The molecule has 0 spiro atoms. The van der Waals surface area contributed by atoms with Crippen molar-refractivity contribution in [2.45, 2.75) is 46.0 Å². The summed E-state index contributed by atoms with van der Waals surface area (Å²) in [5.74, 6) is 7.12. The molecule has 0 bridgehead atoms. The minimum atomic E-state index is 0.688. The lowest BCUT2D eigenvalue weighted by molar-refractivity contribution is 0.648. The number of aryl methyl sites for hydroxylation is 2. The Balaban J connectivity index is 2.08. The van der Waals surface area contributed by atoms with E-state index in [1.807, 2.05) is 17.9 Å². The minimum absolute atomic E-state index is 0.688. The molecule has 1 rings (SSSR count). The second-order valence-electron chi connectivity index (χ2n) is 4.51. The van der Waals surface area contributed by atoms with Gasteiger partial charge in [0.1, 0.15) is 0 Å². The highest BCUT2D eigenvalue weighted by atomic mass is 15.4. The van der Waals surface area contributed by atoms with E-state index in [4.69, 9.17) is 0 Å². The topological polar surface area (TPSA) is 30.7 Å². The highest BCUT2D eigenvalue weighted by Gasteiger charge is 1.98. The molecule has 16 heavy (non-hydrogen) atoms. The predicted octanol–water partition coefficient (Wildman–Crippen LogP) is 2.58. The summed E-state index contributed by atoms with van der Waals surface area (Å²) in [5.41, 5.74) is 1.20. The Bertz CT molecular complexity index is 355. The number of hydrogen-bond donors (Lipinski definition) is 0. The van der Waals surface area contributed by atoms with Crippen molar-refractivity contribution in [3.05, 3.63) is 11.9 Å². The molecule has 88 valence electrons. The lowest BCUT2D eigenvalue weighted by atomic mass is 10.1. The van der Waals surface area contributed by atoms with Gasteiger partial charge in [0.2, 0.25) is 0 Å². The van der Waals surface area contributed by atoms with E-state index < -0.39 is 0 Å². The molecule has 0 saturated carbocycles. The normalized spacial score (nSPS) is 10.2. The van der Waals surface area contributed by atoms with Gasteiger partial charge in [-0.15, -0.1) is 16.9 Å². The van der Waals surface area contributed by atoms with Crippen LogP contribution in [0.3, 0.4) is 0 Å². The van der Waals surface area contributed by atoms with Crippen molar-refractivity contribution in [2.24, 2.45) is 13.0 Å². The van der Waals surface area contributed by atoms with E-state index in [1.54, 1.807) is 0 Å². The molecule has 0 radical (unpaired) electrons. The number of rotatable bonds is 5. The maximum absolute atomic E-state index is 3.90. The third-order valence-electron chi connectivity index (χ3n) is 2.43. The van der Waals surface area contributed by atoms with Gasteiger partial charge in [-0.2, -0.15) is 0 Å². The second-order valence-corrected chi connectivity index (χ2v) is 4.51. The van der Waals surface area contributed by atoms with E-state index in [0.717, 1.165) is 32.1 Å². The molecule has 1 aromatic rings. The Hall–Kier alpha value is -1.30. The average molecular weight is 219 g/mol. The van der Waals surface area contributed by atoms with Gasteiger partial charge >= 0.3 is 0 Å². The van der Waals surface area contributed by atoms with Gasteiger partial charge in [-0.3, -0.25) is 4.68 Å². The molecule has 0 aliphatic heterocycles. The van der Waals surface area contributed by atoms with Crippen molar-refractivity contribution in [1.82, 2.24) is 15.0 Å². The Kier molecular flexibility index (Phi) is 5.63. The summed E-state index contributed by atoms with van der Waals surface area (Å²) >= 11 is 0. The van der Waals surface area contributed by atoms with E-state index in [0.29, 0.717) is 5.92 Å².